The smallest absolute Gasteiger partial charge is 0.0845 e. The van der Waals surface area contributed by atoms with Gasteiger partial charge in [0.2, 0.25) is 0 Å². The van der Waals surface area contributed by atoms with E-state index >= 15 is 0 Å². The van der Waals surface area contributed by atoms with Crippen molar-refractivity contribution in [3.63, 3.8) is 0 Å². The van der Waals surface area contributed by atoms with Crippen molar-refractivity contribution in [1.82, 2.24) is 0 Å². The summed E-state index contributed by atoms with van der Waals surface area (Å²) in [5.74, 6) is 0. The highest BCUT2D eigenvalue weighted by Gasteiger charge is 2.14. The van der Waals surface area contributed by atoms with Crippen LogP contribution in [0.3, 0.4) is 0 Å². The first kappa shape index (κ1) is 14.4. The molecule has 0 spiro atoms. The number of aliphatic hydroxyl groups is 1. The number of aliphatic hydroxyl groups excluding tert-OH is 1. The maximum atomic E-state index is 10.4. The van der Waals surface area contributed by atoms with Gasteiger partial charge in [0.1, 0.15) is 0 Å². The fourth-order valence-corrected chi connectivity index (χ4v) is 2.53. The molecule has 0 aliphatic heterocycles. The van der Waals surface area contributed by atoms with E-state index in [0.29, 0.717) is 22.0 Å². The van der Waals surface area contributed by atoms with Gasteiger partial charge in [-0.1, -0.05) is 47.0 Å². The third-order valence-corrected chi connectivity index (χ3v) is 3.81. The Morgan fingerprint density at radius 1 is 1.05 bits per heavy atom. The quantitative estimate of drug-likeness (QED) is 0.855. The Morgan fingerprint density at radius 3 is 2.53 bits per heavy atom. The summed E-state index contributed by atoms with van der Waals surface area (Å²) in [6.07, 6.45) is -0.111. The molecule has 0 saturated carbocycles. The van der Waals surface area contributed by atoms with Crippen molar-refractivity contribution in [2.75, 3.05) is 0 Å². The van der Waals surface area contributed by atoms with Gasteiger partial charge in [0, 0.05) is 22.0 Å². The van der Waals surface area contributed by atoms with Gasteiger partial charge in [0.05, 0.1) is 6.10 Å². The molecule has 19 heavy (non-hydrogen) atoms. The maximum Gasteiger partial charge on any atom is 0.0845 e. The van der Waals surface area contributed by atoms with Crippen LogP contribution in [0.25, 0.3) is 0 Å². The molecule has 0 aliphatic rings. The summed E-state index contributed by atoms with van der Waals surface area (Å²) in [6, 6.07) is 11.4. The van der Waals surface area contributed by atoms with Crippen molar-refractivity contribution in [2.24, 2.45) is 0 Å². The molecule has 0 radical (unpaired) electrons. The van der Waals surface area contributed by atoms with E-state index in [2.05, 4.69) is 18.2 Å². The lowest BCUT2D eigenvalue weighted by atomic mass is 9.97. The SMILES string of the molecule is Cc1ccc(C)c(CC(O)c2cc(Cl)ccc2Cl)c1. The summed E-state index contributed by atoms with van der Waals surface area (Å²) in [4.78, 5) is 0. The molecule has 0 fully saturated rings. The van der Waals surface area contributed by atoms with Crippen LogP contribution < -0.4 is 0 Å². The minimum Gasteiger partial charge on any atom is -0.388 e. The van der Waals surface area contributed by atoms with Crippen molar-refractivity contribution >= 4 is 23.2 Å². The molecule has 0 bridgehead atoms. The maximum absolute atomic E-state index is 10.4. The van der Waals surface area contributed by atoms with Crippen LogP contribution in [0.2, 0.25) is 10.0 Å². The lowest BCUT2D eigenvalue weighted by molar-refractivity contribution is 0.178. The Morgan fingerprint density at radius 2 is 1.79 bits per heavy atom. The monoisotopic (exact) mass is 294 g/mol. The van der Waals surface area contributed by atoms with Crippen molar-refractivity contribution in [1.29, 1.82) is 0 Å². The molecule has 2 rings (SSSR count). The van der Waals surface area contributed by atoms with E-state index in [1.54, 1.807) is 18.2 Å². The minimum absolute atomic E-state index is 0.535. The molecule has 0 saturated heterocycles. The van der Waals surface area contributed by atoms with Crippen LogP contribution >= 0.6 is 23.2 Å². The highest BCUT2D eigenvalue weighted by Crippen LogP contribution is 2.29. The van der Waals surface area contributed by atoms with Crippen LogP contribution in [0, 0.1) is 13.8 Å². The van der Waals surface area contributed by atoms with Gasteiger partial charge in [-0.25, -0.2) is 0 Å². The number of benzene rings is 2. The molecule has 0 heterocycles. The molecule has 2 aromatic carbocycles. The number of hydrogen-bond acceptors (Lipinski definition) is 1. The first-order chi connectivity index (χ1) is 8.97. The average Bonchev–Trinajstić information content (AvgIpc) is 2.36. The number of aryl methyl sites for hydroxylation is 2. The summed E-state index contributed by atoms with van der Waals surface area (Å²) in [5.41, 5.74) is 4.16. The van der Waals surface area contributed by atoms with E-state index in [1.165, 1.54) is 11.1 Å². The van der Waals surface area contributed by atoms with E-state index in [4.69, 9.17) is 23.2 Å². The average molecular weight is 295 g/mol. The first-order valence-corrected chi connectivity index (χ1v) is 6.92. The Kier molecular flexibility index (Phi) is 4.51. The van der Waals surface area contributed by atoms with Crippen LogP contribution in [0.15, 0.2) is 36.4 Å². The lowest BCUT2D eigenvalue weighted by Crippen LogP contribution is -2.04. The molecule has 100 valence electrons. The summed E-state index contributed by atoms with van der Waals surface area (Å²) in [5, 5.41) is 11.5. The third kappa shape index (κ3) is 3.50. The molecule has 1 N–H and O–H groups in total. The van der Waals surface area contributed by atoms with E-state index in [0.717, 1.165) is 5.56 Å². The number of rotatable bonds is 3. The fourth-order valence-electron chi connectivity index (χ4n) is 2.11. The van der Waals surface area contributed by atoms with E-state index in [9.17, 15) is 5.11 Å². The Balaban J connectivity index is 2.27. The van der Waals surface area contributed by atoms with Crippen molar-refractivity contribution in [3.05, 3.63) is 68.7 Å². The summed E-state index contributed by atoms with van der Waals surface area (Å²) < 4.78 is 0. The van der Waals surface area contributed by atoms with Gasteiger partial charge in [-0.05, 0) is 43.2 Å². The molecule has 1 nitrogen and oxygen atoms in total. The second-order valence-electron chi connectivity index (χ2n) is 4.82. The van der Waals surface area contributed by atoms with Crippen molar-refractivity contribution in [3.8, 4) is 0 Å². The Labute approximate surface area is 123 Å². The molecule has 3 heteroatoms. The van der Waals surface area contributed by atoms with Crippen LogP contribution in [-0.2, 0) is 6.42 Å². The van der Waals surface area contributed by atoms with Crippen LogP contribution in [0.4, 0.5) is 0 Å². The van der Waals surface area contributed by atoms with Crippen LogP contribution in [0.1, 0.15) is 28.4 Å². The minimum atomic E-state index is -0.647. The molecular weight excluding hydrogens is 279 g/mol. The number of halogens is 2. The zero-order valence-corrected chi connectivity index (χ0v) is 12.5. The van der Waals surface area contributed by atoms with Gasteiger partial charge < -0.3 is 5.11 Å². The zero-order chi connectivity index (χ0) is 14.0. The molecule has 0 amide bonds. The predicted octanol–water partition coefficient (Wildman–Crippen LogP) is 4.89. The summed E-state index contributed by atoms with van der Waals surface area (Å²) >= 11 is 12.1. The van der Waals surface area contributed by atoms with Gasteiger partial charge in [0.25, 0.3) is 0 Å². The largest absolute Gasteiger partial charge is 0.388 e. The standard InChI is InChI=1S/C16H16Cl2O/c1-10-3-4-11(2)12(7-10)8-16(19)14-9-13(17)5-6-15(14)18/h3-7,9,16,19H,8H2,1-2H3. The molecule has 0 aromatic heterocycles. The van der Waals surface area contributed by atoms with E-state index in [-0.39, 0.29) is 0 Å². The number of hydrogen-bond donors (Lipinski definition) is 1. The molecule has 1 atom stereocenters. The highest BCUT2D eigenvalue weighted by molar-refractivity contribution is 6.33. The van der Waals surface area contributed by atoms with Crippen molar-refractivity contribution < 1.29 is 5.11 Å². The van der Waals surface area contributed by atoms with Gasteiger partial charge in [-0.2, -0.15) is 0 Å². The van der Waals surface area contributed by atoms with E-state index < -0.39 is 6.10 Å². The zero-order valence-electron chi connectivity index (χ0n) is 11.0. The summed E-state index contributed by atoms with van der Waals surface area (Å²) in [6.45, 7) is 4.09. The second-order valence-corrected chi connectivity index (χ2v) is 5.66. The molecule has 1 unspecified atom stereocenters. The second kappa shape index (κ2) is 5.96. The Hall–Kier alpha value is -1.02. The highest BCUT2D eigenvalue weighted by atomic mass is 35.5. The normalized spacial score (nSPS) is 12.5. The lowest BCUT2D eigenvalue weighted by Gasteiger charge is -2.15. The van der Waals surface area contributed by atoms with Gasteiger partial charge in [-0.3, -0.25) is 0 Å². The molecular formula is C16H16Cl2O. The van der Waals surface area contributed by atoms with Gasteiger partial charge >= 0.3 is 0 Å². The molecule has 0 aliphatic carbocycles. The first-order valence-electron chi connectivity index (χ1n) is 6.16. The summed E-state index contributed by atoms with van der Waals surface area (Å²) in [7, 11) is 0. The van der Waals surface area contributed by atoms with Gasteiger partial charge in [0.15, 0.2) is 0 Å². The Bertz CT molecular complexity index is 593. The predicted molar refractivity (Wildman–Crippen MR) is 81.0 cm³/mol. The van der Waals surface area contributed by atoms with Crippen LogP contribution in [-0.4, -0.2) is 5.11 Å². The van der Waals surface area contributed by atoms with Crippen molar-refractivity contribution in [2.45, 2.75) is 26.4 Å². The molecule has 2 aromatic rings. The topological polar surface area (TPSA) is 20.2 Å². The van der Waals surface area contributed by atoms with Gasteiger partial charge in [-0.15, -0.1) is 0 Å². The third-order valence-electron chi connectivity index (χ3n) is 3.23. The van der Waals surface area contributed by atoms with E-state index in [1.807, 2.05) is 13.8 Å². The van der Waals surface area contributed by atoms with Crippen LogP contribution in [0.5, 0.6) is 0 Å². The fraction of sp³-hybridized carbons (Fsp3) is 0.250.